The van der Waals surface area contributed by atoms with Crippen molar-refractivity contribution in [2.45, 2.75) is 12.8 Å². The average molecular weight is 433 g/mol. The van der Waals surface area contributed by atoms with E-state index in [-0.39, 0.29) is 17.5 Å². The molecule has 1 N–H and O–H groups in total. The number of hydrogen-bond donors (Lipinski definition) is 1. The highest BCUT2D eigenvalue weighted by Gasteiger charge is 2.26. The smallest absolute Gasteiger partial charge is 0.271 e. The molecule has 0 aliphatic carbocycles. The molecule has 0 radical (unpaired) electrons. The van der Waals surface area contributed by atoms with Crippen molar-refractivity contribution >= 4 is 23.1 Å². The van der Waals surface area contributed by atoms with Gasteiger partial charge in [0.05, 0.1) is 17.7 Å². The first-order valence-electron chi connectivity index (χ1n) is 10.3. The number of rotatable bonds is 6. The number of nitro groups is 1. The summed E-state index contributed by atoms with van der Waals surface area (Å²) >= 11 is 0. The number of aromatic nitrogens is 2. The fourth-order valence-corrected chi connectivity index (χ4v) is 3.72. The molecule has 1 saturated heterocycles. The van der Waals surface area contributed by atoms with Crippen LogP contribution in [0.5, 0.6) is 5.75 Å². The number of anilines is 2. The lowest BCUT2D eigenvalue weighted by Crippen LogP contribution is -2.38. The molecular formula is C23H23N5O4. The Kier molecular flexibility index (Phi) is 6.25. The minimum absolute atomic E-state index is 0.0470. The third-order valence-corrected chi connectivity index (χ3v) is 5.55. The Morgan fingerprint density at radius 1 is 1.09 bits per heavy atom. The van der Waals surface area contributed by atoms with Crippen LogP contribution in [0.25, 0.3) is 11.3 Å². The Balaban J connectivity index is 1.33. The largest absolute Gasteiger partial charge is 0.497 e. The predicted octanol–water partition coefficient (Wildman–Crippen LogP) is 3.92. The van der Waals surface area contributed by atoms with Gasteiger partial charge in [-0.1, -0.05) is 6.07 Å². The minimum Gasteiger partial charge on any atom is -0.497 e. The second-order valence-corrected chi connectivity index (χ2v) is 7.56. The molecule has 3 aromatic rings. The van der Waals surface area contributed by atoms with Gasteiger partial charge in [-0.25, -0.2) is 0 Å². The first kappa shape index (κ1) is 21.2. The van der Waals surface area contributed by atoms with Gasteiger partial charge in [0, 0.05) is 42.4 Å². The maximum Gasteiger partial charge on any atom is 0.271 e. The van der Waals surface area contributed by atoms with Crippen molar-refractivity contribution < 1.29 is 14.5 Å². The van der Waals surface area contributed by atoms with Crippen LogP contribution in [0.3, 0.4) is 0 Å². The first-order valence-corrected chi connectivity index (χ1v) is 10.3. The van der Waals surface area contributed by atoms with Gasteiger partial charge in [-0.2, -0.15) is 0 Å². The van der Waals surface area contributed by atoms with Crippen LogP contribution in [0.1, 0.15) is 12.8 Å². The van der Waals surface area contributed by atoms with Crippen molar-refractivity contribution in [3.05, 3.63) is 70.8 Å². The van der Waals surface area contributed by atoms with Crippen LogP contribution in [0.15, 0.2) is 60.7 Å². The fraction of sp³-hybridized carbons (Fsp3) is 0.261. The summed E-state index contributed by atoms with van der Waals surface area (Å²) in [6.07, 6.45) is 1.34. The Morgan fingerprint density at radius 3 is 2.47 bits per heavy atom. The van der Waals surface area contributed by atoms with Gasteiger partial charge < -0.3 is 15.0 Å². The van der Waals surface area contributed by atoms with E-state index in [1.54, 1.807) is 19.2 Å². The molecule has 1 fully saturated rings. The topological polar surface area (TPSA) is 110 Å². The highest BCUT2D eigenvalue weighted by molar-refractivity contribution is 5.93. The van der Waals surface area contributed by atoms with Crippen LogP contribution in [0.4, 0.5) is 17.2 Å². The summed E-state index contributed by atoms with van der Waals surface area (Å²) in [6.45, 7) is 1.37. The summed E-state index contributed by atoms with van der Waals surface area (Å²) in [5.41, 5.74) is 2.13. The predicted molar refractivity (Wildman–Crippen MR) is 121 cm³/mol. The number of nitrogens with zero attached hydrogens (tertiary/aromatic N) is 4. The molecule has 1 aliphatic heterocycles. The second kappa shape index (κ2) is 9.42. The van der Waals surface area contributed by atoms with Crippen LogP contribution in [-0.2, 0) is 4.79 Å². The molecule has 0 saturated carbocycles. The lowest BCUT2D eigenvalue weighted by molar-refractivity contribution is -0.384. The fourth-order valence-electron chi connectivity index (χ4n) is 3.72. The van der Waals surface area contributed by atoms with E-state index in [1.165, 1.54) is 12.1 Å². The SMILES string of the molecule is COc1ccc(-c2ccc(N3CCC(C(=O)Nc4cccc([N+](=O)[O-])c4)CC3)nn2)cc1. The molecule has 9 nitrogen and oxygen atoms in total. The highest BCUT2D eigenvalue weighted by atomic mass is 16.6. The zero-order valence-electron chi connectivity index (χ0n) is 17.6. The summed E-state index contributed by atoms with van der Waals surface area (Å²) in [4.78, 5) is 25.1. The minimum atomic E-state index is -0.477. The molecule has 0 spiro atoms. The average Bonchev–Trinajstić information content (AvgIpc) is 2.84. The van der Waals surface area contributed by atoms with E-state index in [2.05, 4.69) is 20.4 Å². The van der Waals surface area contributed by atoms with E-state index < -0.39 is 4.92 Å². The molecule has 2 aromatic carbocycles. The van der Waals surface area contributed by atoms with Gasteiger partial charge in [0.15, 0.2) is 5.82 Å². The summed E-state index contributed by atoms with van der Waals surface area (Å²) < 4.78 is 5.18. The van der Waals surface area contributed by atoms with Crippen molar-refractivity contribution in [2.24, 2.45) is 5.92 Å². The Bertz CT molecular complexity index is 1090. The first-order chi connectivity index (χ1) is 15.5. The number of piperidine rings is 1. The zero-order chi connectivity index (χ0) is 22.5. The molecule has 1 aliphatic rings. The van der Waals surface area contributed by atoms with Gasteiger partial charge in [0.25, 0.3) is 5.69 Å². The number of hydrogen-bond acceptors (Lipinski definition) is 7. The van der Waals surface area contributed by atoms with Gasteiger partial charge in [0.2, 0.25) is 5.91 Å². The number of carbonyl (C=O) groups is 1. The Morgan fingerprint density at radius 2 is 1.84 bits per heavy atom. The quantitative estimate of drug-likeness (QED) is 0.463. The molecule has 0 bridgehead atoms. The molecule has 1 amide bonds. The lowest BCUT2D eigenvalue weighted by atomic mass is 9.95. The Hall–Kier alpha value is -4.01. The van der Waals surface area contributed by atoms with E-state index in [4.69, 9.17) is 4.74 Å². The van der Waals surface area contributed by atoms with Crippen LogP contribution < -0.4 is 15.0 Å². The number of nitrogens with one attached hydrogen (secondary N) is 1. The third kappa shape index (κ3) is 4.83. The molecule has 164 valence electrons. The Labute approximate surface area is 185 Å². The summed E-state index contributed by atoms with van der Waals surface area (Å²) in [6, 6.07) is 17.5. The van der Waals surface area contributed by atoms with Crippen molar-refractivity contribution in [3.63, 3.8) is 0 Å². The van der Waals surface area contributed by atoms with Gasteiger partial charge in [-0.05, 0) is 55.3 Å². The molecule has 1 aromatic heterocycles. The van der Waals surface area contributed by atoms with E-state index in [9.17, 15) is 14.9 Å². The zero-order valence-corrected chi connectivity index (χ0v) is 17.6. The molecule has 0 atom stereocenters. The molecule has 9 heteroatoms. The molecule has 32 heavy (non-hydrogen) atoms. The highest BCUT2D eigenvalue weighted by Crippen LogP contribution is 2.26. The van der Waals surface area contributed by atoms with Crippen molar-refractivity contribution in [1.82, 2.24) is 10.2 Å². The van der Waals surface area contributed by atoms with Crippen molar-refractivity contribution in [2.75, 3.05) is 30.4 Å². The van der Waals surface area contributed by atoms with E-state index in [0.717, 1.165) is 22.8 Å². The number of amides is 1. The van der Waals surface area contributed by atoms with Crippen molar-refractivity contribution in [3.8, 4) is 17.0 Å². The van der Waals surface area contributed by atoms with Crippen LogP contribution in [0, 0.1) is 16.0 Å². The van der Waals surface area contributed by atoms with E-state index in [1.807, 2.05) is 36.4 Å². The number of nitro benzene ring substituents is 1. The summed E-state index contributed by atoms with van der Waals surface area (Å²) in [5.74, 6) is 1.29. The number of ether oxygens (including phenoxy) is 1. The molecule has 0 unspecified atom stereocenters. The van der Waals surface area contributed by atoms with Gasteiger partial charge >= 0.3 is 0 Å². The van der Waals surface area contributed by atoms with Crippen LogP contribution >= 0.6 is 0 Å². The molecule has 2 heterocycles. The standard InChI is InChI=1S/C23H23N5O4/c1-32-20-7-5-16(6-8-20)21-9-10-22(26-25-21)27-13-11-17(12-14-27)23(29)24-18-3-2-4-19(15-18)28(30)31/h2-10,15,17H,11-14H2,1H3,(H,24,29). The van der Waals surface area contributed by atoms with Gasteiger partial charge in [0.1, 0.15) is 5.75 Å². The lowest BCUT2D eigenvalue weighted by Gasteiger charge is -2.31. The number of non-ortho nitro benzene ring substituents is 1. The van der Waals surface area contributed by atoms with Gasteiger partial charge in [-0.3, -0.25) is 14.9 Å². The van der Waals surface area contributed by atoms with Crippen LogP contribution in [-0.4, -0.2) is 41.2 Å². The number of methoxy groups -OCH3 is 1. The monoisotopic (exact) mass is 433 g/mol. The maximum absolute atomic E-state index is 12.6. The molecular weight excluding hydrogens is 410 g/mol. The maximum atomic E-state index is 12.6. The molecule has 4 rings (SSSR count). The van der Waals surface area contributed by atoms with Crippen molar-refractivity contribution in [1.29, 1.82) is 0 Å². The van der Waals surface area contributed by atoms with Crippen LogP contribution in [0.2, 0.25) is 0 Å². The van der Waals surface area contributed by atoms with E-state index in [0.29, 0.717) is 31.6 Å². The van der Waals surface area contributed by atoms with E-state index >= 15 is 0 Å². The summed E-state index contributed by atoms with van der Waals surface area (Å²) in [7, 11) is 1.63. The normalized spacial score (nSPS) is 14.1. The number of carbonyl (C=O) groups excluding carboxylic acids is 1. The second-order valence-electron chi connectivity index (χ2n) is 7.56. The number of benzene rings is 2. The third-order valence-electron chi connectivity index (χ3n) is 5.55. The van der Waals surface area contributed by atoms with Gasteiger partial charge in [-0.15, -0.1) is 10.2 Å². The summed E-state index contributed by atoms with van der Waals surface area (Å²) in [5, 5.41) is 22.4.